The Kier molecular flexibility index (Phi) is 4.99. The monoisotopic (exact) mass is 339 g/mol. The van der Waals surface area contributed by atoms with Crippen molar-refractivity contribution >= 4 is 5.91 Å². The molecule has 2 aliphatic rings. The summed E-state index contributed by atoms with van der Waals surface area (Å²) in [6.07, 6.45) is 2.24. The maximum absolute atomic E-state index is 12.6. The van der Waals surface area contributed by atoms with Gasteiger partial charge >= 0.3 is 0 Å². The van der Waals surface area contributed by atoms with E-state index >= 15 is 0 Å². The van der Waals surface area contributed by atoms with Gasteiger partial charge in [0.2, 0.25) is 5.88 Å². The number of likely N-dealkylation sites (tertiary alicyclic amines) is 2. The van der Waals surface area contributed by atoms with Gasteiger partial charge in [0.25, 0.3) is 12.3 Å². The van der Waals surface area contributed by atoms with E-state index in [1.54, 1.807) is 6.07 Å². The Bertz CT molecular complexity index is 582. The van der Waals surface area contributed by atoms with E-state index in [4.69, 9.17) is 4.74 Å². The number of hydrogen-bond acceptors (Lipinski definition) is 4. The molecule has 1 amide bonds. The first kappa shape index (κ1) is 17.1. The molecular formula is C17H23F2N3O2. The number of aromatic nitrogens is 1. The molecular weight excluding hydrogens is 316 g/mol. The topological polar surface area (TPSA) is 45.7 Å². The first-order chi connectivity index (χ1) is 11.5. The standard InChI is InChI=1S/C17H23F2N3O2/c1-21-7-2-5-17(11-21)6-8-22(12-17)16(23)13-3-4-15(20-9-13)24-10-14(18)19/h3-4,9,14H,2,5-8,10-12H2,1H3/t17-/m1/s1. The quantitative estimate of drug-likeness (QED) is 0.844. The van der Waals surface area contributed by atoms with Crippen molar-refractivity contribution in [1.82, 2.24) is 14.8 Å². The third-order valence-corrected chi connectivity index (χ3v) is 4.92. The van der Waals surface area contributed by atoms with Gasteiger partial charge in [-0.1, -0.05) is 0 Å². The van der Waals surface area contributed by atoms with E-state index in [2.05, 4.69) is 16.9 Å². The van der Waals surface area contributed by atoms with Crippen LogP contribution in [-0.2, 0) is 0 Å². The molecule has 3 heterocycles. The summed E-state index contributed by atoms with van der Waals surface area (Å²) in [5.41, 5.74) is 0.691. The fraction of sp³-hybridized carbons (Fsp3) is 0.647. The summed E-state index contributed by atoms with van der Waals surface area (Å²) in [5.74, 6) is 0.0617. The minimum Gasteiger partial charge on any atom is -0.472 e. The fourth-order valence-electron chi connectivity index (χ4n) is 3.82. The van der Waals surface area contributed by atoms with E-state index in [1.165, 1.54) is 25.1 Å². The summed E-state index contributed by atoms with van der Waals surface area (Å²) in [6, 6.07) is 3.06. The van der Waals surface area contributed by atoms with Gasteiger partial charge in [0, 0.05) is 37.3 Å². The summed E-state index contributed by atoms with van der Waals surface area (Å²) < 4.78 is 29.1. The number of nitrogens with zero attached hydrogens (tertiary/aromatic N) is 3. The highest BCUT2D eigenvalue weighted by atomic mass is 19.3. The molecule has 0 bridgehead atoms. The van der Waals surface area contributed by atoms with E-state index in [1.807, 2.05) is 4.90 Å². The normalized spacial score (nSPS) is 24.8. The van der Waals surface area contributed by atoms with Crippen LogP contribution in [0.5, 0.6) is 5.88 Å². The molecule has 1 aromatic rings. The van der Waals surface area contributed by atoms with Crippen molar-refractivity contribution in [1.29, 1.82) is 0 Å². The van der Waals surface area contributed by atoms with Crippen LogP contribution in [0, 0.1) is 5.41 Å². The molecule has 0 N–H and O–H groups in total. The molecule has 1 spiro atoms. The van der Waals surface area contributed by atoms with Crippen molar-refractivity contribution in [2.24, 2.45) is 5.41 Å². The van der Waals surface area contributed by atoms with Crippen molar-refractivity contribution < 1.29 is 18.3 Å². The van der Waals surface area contributed by atoms with Gasteiger partial charge in [-0.05, 0) is 38.9 Å². The molecule has 24 heavy (non-hydrogen) atoms. The van der Waals surface area contributed by atoms with Crippen LogP contribution in [-0.4, -0.2) is 67.0 Å². The van der Waals surface area contributed by atoms with Crippen molar-refractivity contribution in [3.05, 3.63) is 23.9 Å². The Morgan fingerprint density at radius 3 is 2.83 bits per heavy atom. The second-order valence-electron chi connectivity index (χ2n) is 6.91. The number of pyridine rings is 1. The number of carbonyl (C=O) groups excluding carboxylic acids is 1. The highest BCUT2D eigenvalue weighted by molar-refractivity contribution is 5.94. The Labute approximate surface area is 140 Å². The summed E-state index contributed by atoms with van der Waals surface area (Å²) in [7, 11) is 2.13. The first-order valence-electron chi connectivity index (χ1n) is 8.32. The highest BCUT2D eigenvalue weighted by Gasteiger charge is 2.42. The van der Waals surface area contributed by atoms with E-state index in [0.717, 1.165) is 32.6 Å². The summed E-state index contributed by atoms with van der Waals surface area (Å²) in [4.78, 5) is 20.8. The van der Waals surface area contributed by atoms with Crippen LogP contribution < -0.4 is 4.74 Å². The molecule has 0 saturated carbocycles. The molecule has 1 atom stereocenters. The molecule has 2 aliphatic heterocycles. The fourth-order valence-corrected chi connectivity index (χ4v) is 3.82. The lowest BCUT2D eigenvalue weighted by atomic mass is 9.79. The molecule has 0 radical (unpaired) electrons. The third-order valence-electron chi connectivity index (χ3n) is 4.92. The Balaban J connectivity index is 1.60. The Hall–Kier alpha value is -1.76. The van der Waals surface area contributed by atoms with Crippen LogP contribution in [0.3, 0.4) is 0 Å². The summed E-state index contributed by atoms with van der Waals surface area (Å²) in [6.45, 7) is 3.01. The minimum absolute atomic E-state index is 0.0481. The van der Waals surface area contributed by atoms with Crippen molar-refractivity contribution in [2.75, 3.05) is 39.8 Å². The number of halogens is 2. The van der Waals surface area contributed by atoms with Gasteiger partial charge in [-0.25, -0.2) is 13.8 Å². The van der Waals surface area contributed by atoms with E-state index < -0.39 is 13.0 Å². The van der Waals surface area contributed by atoms with Gasteiger partial charge in [0.15, 0.2) is 6.61 Å². The zero-order valence-corrected chi connectivity index (χ0v) is 13.9. The molecule has 1 aromatic heterocycles. The lowest BCUT2D eigenvalue weighted by Gasteiger charge is -2.38. The molecule has 0 unspecified atom stereocenters. The number of ether oxygens (including phenoxy) is 1. The van der Waals surface area contributed by atoms with Crippen molar-refractivity contribution in [2.45, 2.75) is 25.7 Å². The van der Waals surface area contributed by atoms with Gasteiger partial charge in [-0.2, -0.15) is 0 Å². The molecule has 3 rings (SSSR count). The van der Waals surface area contributed by atoms with E-state index in [-0.39, 0.29) is 17.2 Å². The third kappa shape index (κ3) is 3.83. The SMILES string of the molecule is CN1CCC[C@@]2(CCN(C(=O)c3ccc(OCC(F)F)nc3)C2)C1. The number of hydrogen-bond donors (Lipinski definition) is 0. The predicted octanol–water partition coefficient (Wildman–Crippen LogP) is 2.28. The van der Waals surface area contributed by atoms with Crippen LogP contribution in [0.4, 0.5) is 8.78 Å². The Morgan fingerprint density at radius 2 is 2.17 bits per heavy atom. The van der Waals surface area contributed by atoms with E-state index in [9.17, 15) is 13.6 Å². The number of piperidine rings is 1. The zero-order valence-electron chi connectivity index (χ0n) is 13.9. The van der Waals surface area contributed by atoms with Gasteiger partial charge in [-0.15, -0.1) is 0 Å². The Morgan fingerprint density at radius 1 is 1.33 bits per heavy atom. The molecule has 132 valence electrons. The van der Waals surface area contributed by atoms with E-state index in [0.29, 0.717) is 5.56 Å². The van der Waals surface area contributed by atoms with Crippen LogP contribution in [0.1, 0.15) is 29.6 Å². The highest BCUT2D eigenvalue weighted by Crippen LogP contribution is 2.38. The smallest absolute Gasteiger partial charge is 0.272 e. The maximum Gasteiger partial charge on any atom is 0.272 e. The average Bonchev–Trinajstić information content (AvgIpc) is 2.95. The second kappa shape index (κ2) is 7.01. The van der Waals surface area contributed by atoms with Gasteiger partial charge in [0.05, 0.1) is 5.56 Å². The van der Waals surface area contributed by atoms with Crippen molar-refractivity contribution in [3.63, 3.8) is 0 Å². The number of alkyl halides is 2. The molecule has 0 aliphatic carbocycles. The minimum atomic E-state index is -2.54. The number of rotatable bonds is 4. The lowest BCUT2D eigenvalue weighted by molar-refractivity contribution is 0.0719. The van der Waals surface area contributed by atoms with Crippen molar-refractivity contribution in [3.8, 4) is 5.88 Å². The maximum atomic E-state index is 12.6. The number of carbonyl (C=O) groups is 1. The van der Waals surface area contributed by atoms with Crippen LogP contribution in [0.15, 0.2) is 18.3 Å². The zero-order chi connectivity index (χ0) is 17.2. The summed E-state index contributed by atoms with van der Waals surface area (Å²) >= 11 is 0. The van der Waals surface area contributed by atoms with Crippen LogP contribution >= 0.6 is 0 Å². The largest absolute Gasteiger partial charge is 0.472 e. The van der Waals surface area contributed by atoms with Crippen LogP contribution in [0.2, 0.25) is 0 Å². The molecule has 2 saturated heterocycles. The molecule has 7 heteroatoms. The second-order valence-corrected chi connectivity index (χ2v) is 6.91. The van der Waals surface area contributed by atoms with Crippen LogP contribution in [0.25, 0.3) is 0 Å². The molecule has 2 fully saturated rings. The predicted molar refractivity (Wildman–Crippen MR) is 85.4 cm³/mol. The number of amides is 1. The molecule has 0 aromatic carbocycles. The molecule has 5 nitrogen and oxygen atoms in total. The summed E-state index contributed by atoms with van der Waals surface area (Å²) in [5, 5.41) is 0. The van der Waals surface area contributed by atoms with Gasteiger partial charge in [0.1, 0.15) is 0 Å². The van der Waals surface area contributed by atoms with Gasteiger partial charge in [-0.3, -0.25) is 4.79 Å². The lowest BCUT2D eigenvalue weighted by Crippen LogP contribution is -2.43. The van der Waals surface area contributed by atoms with Gasteiger partial charge < -0.3 is 14.5 Å². The first-order valence-corrected chi connectivity index (χ1v) is 8.32. The average molecular weight is 339 g/mol.